The number of hydrogen-bond donors (Lipinski definition) is 0. The molecule has 1 fully saturated rings. The van der Waals surface area contributed by atoms with Crippen molar-refractivity contribution in [3.8, 4) is 5.75 Å². The van der Waals surface area contributed by atoms with E-state index in [0.29, 0.717) is 17.2 Å². The van der Waals surface area contributed by atoms with E-state index in [1.54, 1.807) is 35.9 Å². The SMILES string of the molecule is COC1CCC2(CC1)Cc1ccc(OCC(F)(F)F)cc1C21N=C(SC(C)C)N(C(C)C)C1=O. The molecular formula is C25H33F3N2O3S. The molecule has 0 bridgehead atoms. The molecule has 1 atom stereocenters. The molecule has 34 heavy (non-hydrogen) atoms. The zero-order valence-electron chi connectivity index (χ0n) is 20.4. The van der Waals surface area contributed by atoms with Gasteiger partial charge in [-0.2, -0.15) is 13.2 Å². The van der Waals surface area contributed by atoms with Gasteiger partial charge in [-0.05, 0) is 69.2 Å². The molecule has 2 aliphatic carbocycles. The highest BCUT2D eigenvalue weighted by Gasteiger charge is 2.67. The van der Waals surface area contributed by atoms with Gasteiger partial charge in [0.25, 0.3) is 5.91 Å². The molecule has 0 radical (unpaired) electrons. The molecule has 1 saturated carbocycles. The minimum atomic E-state index is -4.44. The predicted molar refractivity (Wildman–Crippen MR) is 127 cm³/mol. The van der Waals surface area contributed by atoms with Crippen LogP contribution >= 0.6 is 11.8 Å². The van der Waals surface area contributed by atoms with Crippen LogP contribution in [0.15, 0.2) is 23.2 Å². The summed E-state index contributed by atoms with van der Waals surface area (Å²) in [5.41, 5.74) is 0.0707. The van der Waals surface area contributed by atoms with Crippen LogP contribution in [0.4, 0.5) is 13.2 Å². The van der Waals surface area contributed by atoms with Gasteiger partial charge in [-0.1, -0.05) is 31.7 Å². The van der Waals surface area contributed by atoms with E-state index in [2.05, 4.69) is 13.8 Å². The lowest BCUT2D eigenvalue weighted by Crippen LogP contribution is -2.52. The Morgan fingerprint density at radius 1 is 1.21 bits per heavy atom. The van der Waals surface area contributed by atoms with Gasteiger partial charge >= 0.3 is 6.18 Å². The number of thioether (sulfide) groups is 1. The van der Waals surface area contributed by atoms with Crippen molar-refractivity contribution in [2.75, 3.05) is 13.7 Å². The fourth-order valence-corrected chi connectivity index (χ4v) is 6.79. The average Bonchev–Trinajstić information content (AvgIpc) is 3.18. The van der Waals surface area contributed by atoms with Crippen LogP contribution in [-0.2, 0) is 21.5 Å². The fourth-order valence-electron chi connectivity index (χ4n) is 5.77. The number of fused-ring (bicyclic) bond motifs is 3. The number of nitrogens with zero attached hydrogens (tertiary/aromatic N) is 2. The second-order valence-electron chi connectivity index (χ2n) is 10.2. The normalized spacial score (nSPS) is 29.0. The first-order chi connectivity index (χ1) is 15.9. The quantitative estimate of drug-likeness (QED) is 0.522. The third kappa shape index (κ3) is 4.23. The summed E-state index contributed by atoms with van der Waals surface area (Å²) in [6.45, 7) is 6.70. The molecule has 4 rings (SSSR count). The first kappa shape index (κ1) is 25.4. The summed E-state index contributed by atoms with van der Waals surface area (Å²) in [6, 6.07) is 4.93. The van der Waals surface area contributed by atoms with E-state index in [1.807, 2.05) is 19.9 Å². The van der Waals surface area contributed by atoms with Crippen LogP contribution in [-0.4, -0.2) is 53.3 Å². The van der Waals surface area contributed by atoms with Gasteiger partial charge in [-0.15, -0.1) is 0 Å². The van der Waals surface area contributed by atoms with Gasteiger partial charge in [0.1, 0.15) is 5.75 Å². The van der Waals surface area contributed by atoms with Crippen LogP contribution in [0.25, 0.3) is 0 Å². The Bertz CT molecular complexity index is 971. The van der Waals surface area contributed by atoms with Crippen molar-refractivity contribution >= 4 is 22.8 Å². The molecule has 1 aromatic rings. The van der Waals surface area contributed by atoms with E-state index >= 15 is 0 Å². The van der Waals surface area contributed by atoms with Crippen LogP contribution in [0, 0.1) is 5.41 Å². The number of methoxy groups -OCH3 is 1. The van der Waals surface area contributed by atoms with Crippen LogP contribution in [0.1, 0.15) is 64.5 Å². The minimum absolute atomic E-state index is 0.0757. The van der Waals surface area contributed by atoms with Gasteiger partial charge in [0.15, 0.2) is 17.3 Å². The van der Waals surface area contributed by atoms with Crippen molar-refractivity contribution in [3.63, 3.8) is 0 Å². The predicted octanol–water partition coefficient (Wildman–Crippen LogP) is 5.70. The maximum absolute atomic E-state index is 14.3. The van der Waals surface area contributed by atoms with Crippen molar-refractivity contribution in [3.05, 3.63) is 29.3 Å². The van der Waals surface area contributed by atoms with Crippen molar-refractivity contribution in [2.45, 2.75) is 88.9 Å². The molecular weight excluding hydrogens is 465 g/mol. The number of alkyl halides is 3. The molecule has 5 nitrogen and oxygen atoms in total. The molecule has 0 aromatic heterocycles. The third-order valence-corrected chi connectivity index (χ3v) is 8.22. The van der Waals surface area contributed by atoms with Gasteiger partial charge < -0.3 is 9.47 Å². The Balaban J connectivity index is 1.84. The summed E-state index contributed by atoms with van der Waals surface area (Å²) < 4.78 is 49.1. The highest BCUT2D eigenvalue weighted by atomic mass is 32.2. The molecule has 3 aliphatic rings. The molecule has 188 valence electrons. The monoisotopic (exact) mass is 498 g/mol. The van der Waals surface area contributed by atoms with Gasteiger partial charge in [0.05, 0.1) is 6.10 Å². The van der Waals surface area contributed by atoms with E-state index in [1.165, 1.54) is 0 Å². The summed E-state index contributed by atoms with van der Waals surface area (Å²) >= 11 is 1.56. The molecule has 9 heteroatoms. The van der Waals surface area contributed by atoms with Crippen LogP contribution < -0.4 is 4.74 Å². The Morgan fingerprint density at radius 3 is 2.44 bits per heavy atom. The largest absolute Gasteiger partial charge is 0.484 e. The lowest BCUT2D eigenvalue weighted by Gasteiger charge is -2.45. The molecule has 0 saturated heterocycles. The number of ether oxygens (including phenoxy) is 2. The highest BCUT2D eigenvalue weighted by molar-refractivity contribution is 8.14. The van der Waals surface area contributed by atoms with Crippen molar-refractivity contribution in [1.82, 2.24) is 4.90 Å². The summed E-state index contributed by atoms with van der Waals surface area (Å²) in [5, 5.41) is 0.920. The fraction of sp³-hybridized carbons (Fsp3) is 0.680. The number of aliphatic imine (C=N–C) groups is 1. The van der Waals surface area contributed by atoms with Crippen molar-refractivity contribution in [1.29, 1.82) is 0 Å². The van der Waals surface area contributed by atoms with Gasteiger partial charge in [0.2, 0.25) is 0 Å². The van der Waals surface area contributed by atoms with Crippen molar-refractivity contribution in [2.24, 2.45) is 10.4 Å². The Morgan fingerprint density at radius 2 is 1.88 bits per heavy atom. The smallest absolute Gasteiger partial charge is 0.422 e. The number of carbonyl (C=O) groups is 1. The summed E-state index contributed by atoms with van der Waals surface area (Å²) in [5.74, 6) is 0.0374. The third-order valence-electron chi connectivity index (χ3n) is 7.25. The molecule has 1 aromatic carbocycles. The molecule has 1 amide bonds. The van der Waals surface area contributed by atoms with E-state index in [4.69, 9.17) is 14.5 Å². The standard InChI is InChI=1S/C25H33F3N2O3S/c1-15(2)30-21(31)25(29-22(30)34-16(3)4)20-12-19(33-14-24(26,27)28)7-6-17(20)13-23(25)10-8-18(32-5)9-11-23/h6-7,12,15-16,18H,8-11,13-14H2,1-5H3. The number of halogens is 3. The van der Waals surface area contributed by atoms with E-state index < -0.39 is 23.7 Å². The number of rotatable bonds is 5. The zero-order chi connectivity index (χ0) is 24.9. The van der Waals surface area contributed by atoms with Gasteiger partial charge in [-0.25, -0.2) is 4.99 Å². The number of amidine groups is 1. The Kier molecular flexibility index (Phi) is 6.74. The van der Waals surface area contributed by atoms with Gasteiger partial charge in [0, 0.05) is 23.8 Å². The molecule has 0 N–H and O–H groups in total. The van der Waals surface area contributed by atoms with Gasteiger partial charge in [-0.3, -0.25) is 9.69 Å². The lowest BCUT2D eigenvalue weighted by molar-refractivity contribution is -0.153. The molecule has 1 unspecified atom stereocenters. The zero-order valence-corrected chi connectivity index (χ0v) is 21.2. The van der Waals surface area contributed by atoms with E-state index in [-0.39, 0.29) is 29.1 Å². The number of carbonyl (C=O) groups excluding carboxylic acids is 1. The maximum atomic E-state index is 14.3. The maximum Gasteiger partial charge on any atom is 0.422 e. The number of amides is 1. The topological polar surface area (TPSA) is 51.1 Å². The summed E-state index contributed by atoms with van der Waals surface area (Å²) in [4.78, 5) is 21.3. The molecule has 2 spiro atoms. The summed E-state index contributed by atoms with van der Waals surface area (Å²) in [7, 11) is 1.71. The molecule has 1 aliphatic heterocycles. The highest BCUT2D eigenvalue weighted by Crippen LogP contribution is 2.63. The van der Waals surface area contributed by atoms with Crippen LogP contribution in [0.5, 0.6) is 5.75 Å². The Labute approximate surface area is 203 Å². The van der Waals surface area contributed by atoms with Crippen molar-refractivity contribution < 1.29 is 27.4 Å². The second kappa shape index (κ2) is 9.04. The number of benzene rings is 1. The van der Waals surface area contributed by atoms with E-state index in [9.17, 15) is 18.0 Å². The second-order valence-corrected chi connectivity index (χ2v) is 11.7. The lowest BCUT2D eigenvalue weighted by atomic mass is 9.61. The van der Waals surface area contributed by atoms with Crippen LogP contribution in [0.2, 0.25) is 0 Å². The molecule has 1 heterocycles. The first-order valence-electron chi connectivity index (χ1n) is 11.9. The van der Waals surface area contributed by atoms with E-state index in [0.717, 1.165) is 31.2 Å². The first-order valence-corrected chi connectivity index (χ1v) is 12.8. The summed E-state index contributed by atoms with van der Waals surface area (Å²) in [6.07, 6.45) is -0.462. The minimum Gasteiger partial charge on any atom is -0.484 e. The van der Waals surface area contributed by atoms with Crippen LogP contribution in [0.3, 0.4) is 0 Å². The number of hydrogen-bond acceptors (Lipinski definition) is 5. The Hall–Kier alpha value is -1.74. The average molecular weight is 499 g/mol.